The molecule has 0 saturated heterocycles. The van der Waals surface area contributed by atoms with Crippen molar-refractivity contribution in [3.05, 3.63) is 71.6 Å². The Morgan fingerprint density at radius 1 is 1.13 bits per heavy atom. The van der Waals surface area contributed by atoms with Gasteiger partial charge in [-0.25, -0.2) is 0 Å². The smallest absolute Gasteiger partial charge is 0.0650 e. The molecule has 1 aromatic carbocycles. The largest absolute Gasteiger partial charge is 0.396 e. The molecule has 0 unspecified atom stereocenters. The van der Waals surface area contributed by atoms with E-state index in [1.54, 1.807) is 6.20 Å². The van der Waals surface area contributed by atoms with Crippen LogP contribution < -0.4 is 0 Å². The Balaban J connectivity index is 1.79. The maximum absolute atomic E-state index is 9.16. The molecule has 1 aromatic heterocycles. The quantitative estimate of drug-likeness (QED) is 0.756. The van der Waals surface area contributed by atoms with Gasteiger partial charge in [-0.3, -0.25) is 4.98 Å². The Hall–Kier alpha value is -1.97. The lowest BCUT2D eigenvalue weighted by Crippen LogP contribution is -2.23. The zero-order chi connectivity index (χ0) is 16.5. The van der Waals surface area contributed by atoms with Gasteiger partial charge in [0.1, 0.15) is 0 Å². The van der Waals surface area contributed by atoms with Crippen LogP contribution in [0.1, 0.15) is 30.5 Å². The van der Waals surface area contributed by atoms with Crippen molar-refractivity contribution in [2.75, 3.05) is 19.8 Å². The first-order valence-corrected chi connectivity index (χ1v) is 7.92. The van der Waals surface area contributed by atoms with E-state index >= 15 is 0 Å². The number of aromatic nitrogens is 1. The predicted octanol–water partition coefficient (Wildman–Crippen LogP) is 3.72. The molecule has 0 saturated carbocycles. The minimum Gasteiger partial charge on any atom is -0.396 e. The molecule has 1 heterocycles. The van der Waals surface area contributed by atoms with E-state index in [1.807, 2.05) is 32.2 Å². The van der Waals surface area contributed by atoms with Crippen molar-refractivity contribution >= 4 is 6.08 Å². The van der Waals surface area contributed by atoms with Gasteiger partial charge in [-0.15, -0.1) is 0 Å². The normalized spacial score (nSPS) is 12.0. The van der Waals surface area contributed by atoms with Crippen molar-refractivity contribution in [2.45, 2.75) is 20.3 Å². The van der Waals surface area contributed by atoms with Gasteiger partial charge in [0.05, 0.1) is 19.8 Å². The maximum Gasteiger partial charge on any atom is 0.0650 e. The van der Waals surface area contributed by atoms with Crippen molar-refractivity contribution in [1.29, 1.82) is 0 Å². The van der Waals surface area contributed by atoms with Crippen LogP contribution >= 0.6 is 0 Å². The molecule has 3 nitrogen and oxygen atoms in total. The summed E-state index contributed by atoms with van der Waals surface area (Å²) in [4.78, 5) is 4.14. The molecule has 0 aliphatic heterocycles. The molecule has 0 spiro atoms. The minimum absolute atomic E-state index is 0.134. The van der Waals surface area contributed by atoms with Crippen molar-refractivity contribution in [1.82, 2.24) is 4.98 Å². The van der Waals surface area contributed by atoms with E-state index in [0.717, 1.165) is 12.0 Å². The summed E-state index contributed by atoms with van der Waals surface area (Å²) in [6.45, 7) is 5.21. The summed E-state index contributed by atoms with van der Waals surface area (Å²) in [5, 5.41) is 9.16. The van der Waals surface area contributed by atoms with Gasteiger partial charge in [0, 0.05) is 17.8 Å². The number of rotatable bonds is 8. The van der Waals surface area contributed by atoms with Gasteiger partial charge < -0.3 is 9.84 Å². The molecule has 0 aliphatic rings. The van der Waals surface area contributed by atoms with Crippen molar-refractivity contribution in [3.63, 3.8) is 0 Å². The zero-order valence-corrected chi connectivity index (χ0v) is 13.9. The van der Waals surface area contributed by atoms with Crippen LogP contribution in [-0.2, 0) is 11.2 Å². The van der Waals surface area contributed by atoms with Crippen LogP contribution in [0.4, 0.5) is 0 Å². The van der Waals surface area contributed by atoms with Gasteiger partial charge in [0.2, 0.25) is 0 Å². The fraction of sp³-hybridized carbons (Fsp3) is 0.350. The SMILES string of the molecule is CC(C)(CO)COC/C=C/c1ccc(Cc2cccnc2)cc1. The number of aliphatic hydroxyl groups excluding tert-OH is 1. The highest BCUT2D eigenvalue weighted by atomic mass is 16.5. The van der Waals surface area contributed by atoms with Gasteiger partial charge >= 0.3 is 0 Å². The lowest BCUT2D eigenvalue weighted by molar-refractivity contribution is 0.0406. The molecule has 2 rings (SSSR count). The summed E-state index contributed by atoms with van der Waals surface area (Å²) >= 11 is 0. The second-order valence-corrected chi connectivity index (χ2v) is 6.52. The van der Waals surface area contributed by atoms with E-state index < -0.39 is 0 Å². The van der Waals surface area contributed by atoms with Crippen LogP contribution in [0.25, 0.3) is 6.08 Å². The number of nitrogens with zero attached hydrogens (tertiary/aromatic N) is 1. The summed E-state index contributed by atoms with van der Waals surface area (Å²) < 4.78 is 5.56. The van der Waals surface area contributed by atoms with E-state index in [9.17, 15) is 0 Å². The molecule has 3 heteroatoms. The van der Waals surface area contributed by atoms with Crippen LogP contribution in [0.3, 0.4) is 0 Å². The maximum atomic E-state index is 9.16. The average Bonchev–Trinajstić information content (AvgIpc) is 2.57. The van der Waals surface area contributed by atoms with E-state index in [4.69, 9.17) is 9.84 Å². The van der Waals surface area contributed by atoms with Crippen molar-refractivity contribution < 1.29 is 9.84 Å². The number of hydrogen-bond acceptors (Lipinski definition) is 3. The van der Waals surface area contributed by atoms with Crippen molar-refractivity contribution in [3.8, 4) is 0 Å². The highest BCUT2D eigenvalue weighted by Gasteiger charge is 2.15. The van der Waals surface area contributed by atoms with Crippen LogP contribution in [0.15, 0.2) is 54.9 Å². The minimum atomic E-state index is -0.179. The van der Waals surface area contributed by atoms with Gasteiger partial charge in [-0.2, -0.15) is 0 Å². The van der Waals surface area contributed by atoms with Crippen LogP contribution in [0, 0.1) is 5.41 Å². The summed E-state index contributed by atoms with van der Waals surface area (Å²) in [5.41, 5.74) is 3.47. The molecule has 2 aromatic rings. The standard InChI is InChI=1S/C20H25NO2/c1-20(2,15-22)16-23-12-4-6-17-7-9-18(10-8-17)13-19-5-3-11-21-14-19/h3-11,14,22H,12-13,15-16H2,1-2H3/b6-4+. The molecule has 122 valence electrons. The number of aliphatic hydroxyl groups is 1. The third kappa shape index (κ3) is 6.35. The zero-order valence-electron chi connectivity index (χ0n) is 13.9. The third-order valence-corrected chi connectivity index (χ3v) is 3.56. The lowest BCUT2D eigenvalue weighted by atomic mass is 9.97. The third-order valence-electron chi connectivity index (χ3n) is 3.56. The first-order chi connectivity index (χ1) is 11.1. The molecule has 0 aliphatic carbocycles. The topological polar surface area (TPSA) is 42.4 Å². The average molecular weight is 311 g/mol. The van der Waals surface area contributed by atoms with E-state index in [1.165, 1.54) is 11.1 Å². The first-order valence-electron chi connectivity index (χ1n) is 7.92. The van der Waals surface area contributed by atoms with E-state index in [-0.39, 0.29) is 12.0 Å². The highest BCUT2D eigenvalue weighted by molar-refractivity contribution is 5.50. The Morgan fingerprint density at radius 2 is 1.91 bits per heavy atom. The number of pyridine rings is 1. The molecular formula is C20H25NO2. The summed E-state index contributed by atoms with van der Waals surface area (Å²) in [6.07, 6.45) is 8.65. The van der Waals surface area contributed by atoms with E-state index in [0.29, 0.717) is 13.2 Å². The van der Waals surface area contributed by atoms with Crippen molar-refractivity contribution in [2.24, 2.45) is 5.41 Å². The Kier molecular flexibility index (Phi) is 6.51. The number of ether oxygens (including phenoxy) is 1. The van der Waals surface area contributed by atoms with E-state index in [2.05, 4.69) is 41.4 Å². The summed E-state index contributed by atoms with van der Waals surface area (Å²) in [5.74, 6) is 0. The Bertz CT molecular complexity index is 603. The second-order valence-electron chi connectivity index (χ2n) is 6.52. The molecule has 23 heavy (non-hydrogen) atoms. The fourth-order valence-electron chi connectivity index (χ4n) is 2.12. The molecule has 0 bridgehead atoms. The Morgan fingerprint density at radius 3 is 2.57 bits per heavy atom. The van der Waals surface area contributed by atoms with Gasteiger partial charge in [-0.05, 0) is 29.2 Å². The molecule has 0 fully saturated rings. The number of hydrogen-bond donors (Lipinski definition) is 1. The molecule has 0 radical (unpaired) electrons. The highest BCUT2D eigenvalue weighted by Crippen LogP contribution is 2.14. The second kappa shape index (κ2) is 8.61. The van der Waals surface area contributed by atoms with Crippen LogP contribution in [0.5, 0.6) is 0 Å². The van der Waals surface area contributed by atoms with Crippen LogP contribution in [0.2, 0.25) is 0 Å². The summed E-state index contributed by atoms with van der Waals surface area (Å²) in [6, 6.07) is 12.6. The lowest BCUT2D eigenvalue weighted by Gasteiger charge is -2.20. The van der Waals surface area contributed by atoms with Gasteiger partial charge in [0.25, 0.3) is 0 Å². The van der Waals surface area contributed by atoms with Gasteiger partial charge in [-0.1, -0.05) is 56.3 Å². The monoisotopic (exact) mass is 311 g/mol. The molecule has 0 amide bonds. The first kappa shape index (κ1) is 17.4. The van der Waals surface area contributed by atoms with Crippen LogP contribution in [-0.4, -0.2) is 29.9 Å². The fourth-order valence-corrected chi connectivity index (χ4v) is 2.12. The Labute approximate surface area is 138 Å². The van der Waals surface area contributed by atoms with Gasteiger partial charge in [0.15, 0.2) is 0 Å². The molecule has 1 N–H and O–H groups in total. The molecule has 0 atom stereocenters. The molecular weight excluding hydrogens is 286 g/mol. The summed E-state index contributed by atoms with van der Waals surface area (Å²) in [7, 11) is 0. The predicted molar refractivity (Wildman–Crippen MR) is 94.2 cm³/mol. The number of benzene rings is 1.